The molecule has 2 bridgehead atoms. The molecule has 3 saturated heterocycles. The molecule has 4 aliphatic heterocycles. The van der Waals surface area contributed by atoms with Crippen LogP contribution in [-0.2, 0) is 13.0 Å². The van der Waals surface area contributed by atoms with Gasteiger partial charge in [-0.15, -0.1) is 0 Å². The monoisotopic (exact) mass is 565 g/mol. The molecule has 1 aromatic carbocycles. The predicted octanol–water partition coefficient (Wildman–Crippen LogP) is 4.49. The molecule has 3 unspecified atom stereocenters. The Balaban J connectivity index is 1.13. The average Bonchev–Trinajstić information content (AvgIpc) is 3.48. The third kappa shape index (κ3) is 4.33. The lowest BCUT2D eigenvalue weighted by Gasteiger charge is -2.38. The molecule has 6 aliphatic rings. The van der Waals surface area contributed by atoms with Gasteiger partial charge >= 0.3 is 6.01 Å². The molecule has 2 N–H and O–H groups in total. The lowest BCUT2D eigenvalue weighted by atomic mass is 9.95. The Labute approximate surface area is 241 Å². The zero-order valence-corrected chi connectivity index (χ0v) is 24.0. The number of halogens is 1. The Morgan fingerprint density at radius 3 is 2.62 bits per heavy atom. The molecule has 8 rings (SSSR count). The van der Waals surface area contributed by atoms with Crippen LogP contribution < -0.4 is 14.5 Å². The smallest absolute Gasteiger partial charge is 0.318 e. The second-order valence-corrected chi connectivity index (χ2v) is 13.7. The normalized spacial score (nSPS) is 29.1. The Bertz CT molecular complexity index is 1310. The number of hydrogen-bond donors (Lipinski definition) is 2. The highest BCUT2D eigenvalue weighted by molar-refractivity contribution is 6.32. The molecule has 2 aliphatic carbocycles. The fraction of sp³-hybridized carbons (Fsp3) is 0.677. The van der Waals surface area contributed by atoms with Crippen molar-refractivity contribution in [3.05, 3.63) is 34.0 Å². The summed E-state index contributed by atoms with van der Waals surface area (Å²) >= 11 is 6.67. The first-order chi connectivity index (χ1) is 19.5. The van der Waals surface area contributed by atoms with Gasteiger partial charge in [-0.05, 0) is 94.3 Å². The summed E-state index contributed by atoms with van der Waals surface area (Å²) in [5.74, 6) is 2.52. The Kier molecular flexibility index (Phi) is 6.12. The number of anilines is 2. The van der Waals surface area contributed by atoms with Crippen molar-refractivity contribution in [3.8, 4) is 11.8 Å². The van der Waals surface area contributed by atoms with Crippen molar-refractivity contribution in [3.63, 3.8) is 0 Å². The predicted molar refractivity (Wildman–Crippen MR) is 155 cm³/mol. The number of aromatic nitrogens is 2. The summed E-state index contributed by atoms with van der Waals surface area (Å²) in [4.78, 5) is 17.5. The molecule has 9 heteroatoms. The molecule has 0 radical (unpaired) electrons. The number of nitrogens with zero attached hydrogens (tertiary/aromatic N) is 5. The third-order valence-corrected chi connectivity index (χ3v) is 11.0. The summed E-state index contributed by atoms with van der Waals surface area (Å²) in [7, 11) is 0. The van der Waals surface area contributed by atoms with E-state index in [9.17, 15) is 10.2 Å². The number of benzene rings is 1. The van der Waals surface area contributed by atoms with Crippen LogP contribution in [0.5, 0.6) is 11.8 Å². The largest absolute Gasteiger partial charge is 0.508 e. The first-order valence-corrected chi connectivity index (χ1v) is 15.8. The van der Waals surface area contributed by atoms with Crippen LogP contribution >= 0.6 is 11.6 Å². The molecular weight excluding hydrogens is 526 g/mol. The fourth-order valence-corrected chi connectivity index (χ4v) is 8.97. The molecule has 2 aromatic rings. The van der Waals surface area contributed by atoms with E-state index < -0.39 is 0 Å². The van der Waals surface area contributed by atoms with E-state index in [0.29, 0.717) is 41.9 Å². The van der Waals surface area contributed by atoms with Gasteiger partial charge in [0.25, 0.3) is 0 Å². The van der Waals surface area contributed by atoms with Crippen molar-refractivity contribution in [2.45, 2.75) is 81.9 Å². The van der Waals surface area contributed by atoms with E-state index in [1.807, 2.05) is 6.07 Å². The zero-order valence-electron chi connectivity index (χ0n) is 23.2. The number of phenols is 1. The Hall–Kier alpha value is -2.29. The number of fused-ring (bicyclic) bond motifs is 4. The average molecular weight is 566 g/mol. The quantitative estimate of drug-likeness (QED) is 0.530. The van der Waals surface area contributed by atoms with Gasteiger partial charge in [0, 0.05) is 47.9 Å². The highest BCUT2D eigenvalue weighted by Gasteiger charge is 2.45. The van der Waals surface area contributed by atoms with Crippen LogP contribution in [0.1, 0.15) is 74.1 Å². The van der Waals surface area contributed by atoms with Crippen molar-refractivity contribution < 1.29 is 14.9 Å². The number of piperidine rings is 1. The first kappa shape index (κ1) is 25.4. The van der Waals surface area contributed by atoms with E-state index in [1.54, 1.807) is 6.07 Å². The number of rotatable bonds is 6. The number of hydrogen-bond acceptors (Lipinski definition) is 8. The minimum absolute atomic E-state index is 0.136. The molecule has 40 heavy (non-hydrogen) atoms. The number of aliphatic hydroxyl groups is 1. The molecular formula is C31H40ClN5O3. The minimum atomic E-state index is -0.204. The molecule has 2 saturated carbocycles. The maximum absolute atomic E-state index is 10.6. The molecule has 214 valence electrons. The lowest BCUT2D eigenvalue weighted by molar-refractivity contribution is 0.107. The number of aliphatic hydroxyl groups excluding tert-OH is 1. The van der Waals surface area contributed by atoms with Crippen molar-refractivity contribution >= 4 is 23.1 Å². The van der Waals surface area contributed by atoms with Crippen LogP contribution in [0.3, 0.4) is 0 Å². The second kappa shape index (κ2) is 9.63. The van der Waals surface area contributed by atoms with E-state index >= 15 is 0 Å². The Morgan fingerprint density at radius 2 is 1.85 bits per heavy atom. The van der Waals surface area contributed by atoms with Gasteiger partial charge in [-0.3, -0.25) is 4.90 Å². The van der Waals surface area contributed by atoms with E-state index in [1.165, 1.54) is 44.3 Å². The lowest BCUT2D eigenvalue weighted by Crippen LogP contribution is -2.44. The van der Waals surface area contributed by atoms with Gasteiger partial charge < -0.3 is 24.7 Å². The van der Waals surface area contributed by atoms with E-state index in [0.717, 1.165) is 74.5 Å². The van der Waals surface area contributed by atoms with Gasteiger partial charge in [0.15, 0.2) is 0 Å². The fourth-order valence-electron chi connectivity index (χ4n) is 8.61. The molecule has 8 nitrogen and oxygen atoms in total. The summed E-state index contributed by atoms with van der Waals surface area (Å²) in [6, 6.07) is 4.04. The Morgan fingerprint density at radius 1 is 1.02 bits per heavy atom. The van der Waals surface area contributed by atoms with Crippen LogP contribution in [0.2, 0.25) is 5.02 Å². The van der Waals surface area contributed by atoms with Gasteiger partial charge in [-0.1, -0.05) is 11.6 Å². The van der Waals surface area contributed by atoms with Gasteiger partial charge in [0.1, 0.15) is 18.2 Å². The SMILES string of the molecule is Oc1cc(Cl)c(C2CC2)c(N2CCc3c(nc(OCC45CCCN4CCC5)nc3N3CC4CC(O)C(C4)C3)C2)c1. The highest BCUT2D eigenvalue weighted by atomic mass is 35.5. The summed E-state index contributed by atoms with van der Waals surface area (Å²) in [5.41, 5.74) is 4.55. The van der Waals surface area contributed by atoms with Crippen LogP contribution in [0.15, 0.2) is 12.1 Å². The third-order valence-electron chi connectivity index (χ3n) is 10.7. The van der Waals surface area contributed by atoms with Gasteiger partial charge in [0.05, 0.1) is 23.9 Å². The minimum Gasteiger partial charge on any atom is -0.508 e. The summed E-state index contributed by atoms with van der Waals surface area (Å²) in [5, 5.41) is 21.7. The summed E-state index contributed by atoms with van der Waals surface area (Å²) in [6.45, 7) is 6.23. The number of aromatic hydroxyl groups is 1. The van der Waals surface area contributed by atoms with Gasteiger partial charge in [-0.25, -0.2) is 0 Å². The van der Waals surface area contributed by atoms with Crippen molar-refractivity contribution in [1.82, 2.24) is 14.9 Å². The second-order valence-electron chi connectivity index (χ2n) is 13.3. The van der Waals surface area contributed by atoms with E-state index in [4.69, 9.17) is 26.3 Å². The molecule has 5 fully saturated rings. The highest BCUT2D eigenvalue weighted by Crippen LogP contribution is 2.50. The molecule has 0 amide bonds. The summed E-state index contributed by atoms with van der Waals surface area (Å²) < 4.78 is 6.51. The maximum Gasteiger partial charge on any atom is 0.318 e. The van der Waals surface area contributed by atoms with Crippen molar-refractivity contribution in [2.75, 3.05) is 49.1 Å². The molecule has 5 heterocycles. The number of phenolic OH excluding ortho intramolecular Hbond substituents is 1. The number of ether oxygens (including phenoxy) is 1. The van der Waals surface area contributed by atoms with Crippen molar-refractivity contribution in [1.29, 1.82) is 0 Å². The maximum atomic E-state index is 10.6. The van der Waals surface area contributed by atoms with E-state index in [-0.39, 0.29) is 17.4 Å². The molecule has 1 aromatic heterocycles. The first-order valence-electron chi connectivity index (χ1n) is 15.4. The summed E-state index contributed by atoms with van der Waals surface area (Å²) in [6.07, 6.45) is 9.78. The topological polar surface area (TPSA) is 85.2 Å². The van der Waals surface area contributed by atoms with Crippen LogP contribution in [0.4, 0.5) is 11.5 Å². The van der Waals surface area contributed by atoms with E-state index in [2.05, 4.69) is 14.7 Å². The van der Waals surface area contributed by atoms with Crippen LogP contribution in [0.25, 0.3) is 0 Å². The van der Waals surface area contributed by atoms with Crippen LogP contribution in [0, 0.1) is 11.8 Å². The van der Waals surface area contributed by atoms with Gasteiger partial charge in [0.2, 0.25) is 0 Å². The zero-order chi connectivity index (χ0) is 27.0. The molecule has 3 atom stereocenters. The standard InChI is InChI=1S/C31H40ClN5O3/c32-24-13-22(38)14-26(28(24)20-3-4-20)35-10-5-23-25(17-35)33-30(40-18-31-6-1-8-37(31)9-2-7-31)34-29(23)36-15-19-11-21(16-36)27(39)12-19/h13-14,19-21,27,38-39H,1-12,15-18H2. The van der Waals surface area contributed by atoms with Gasteiger partial charge in [-0.2, -0.15) is 9.97 Å². The van der Waals surface area contributed by atoms with Crippen molar-refractivity contribution in [2.24, 2.45) is 11.8 Å². The molecule has 0 spiro atoms. The van der Waals surface area contributed by atoms with Crippen LogP contribution in [-0.4, -0.2) is 76.1 Å².